The van der Waals surface area contributed by atoms with Gasteiger partial charge in [-0.1, -0.05) is 12.1 Å². The van der Waals surface area contributed by atoms with Crippen LogP contribution in [0.25, 0.3) is 5.69 Å². The van der Waals surface area contributed by atoms with Crippen LogP contribution in [-0.4, -0.2) is 34.3 Å². The van der Waals surface area contributed by atoms with E-state index in [1.807, 2.05) is 36.5 Å². The van der Waals surface area contributed by atoms with Crippen LogP contribution in [-0.2, 0) is 19.1 Å². The van der Waals surface area contributed by atoms with Gasteiger partial charge in [0.25, 0.3) is 0 Å². The number of nitrogens with zero attached hydrogens (tertiary/aromatic N) is 4. The molecule has 0 atom stereocenters. The first kappa shape index (κ1) is 23.1. The largest absolute Gasteiger partial charge is 0.434 e. The molecular formula is C18H20F3IN6S. The lowest BCUT2D eigenvalue weighted by atomic mass is 10.1. The maximum Gasteiger partial charge on any atom is 0.434 e. The molecule has 0 aliphatic carbocycles. The van der Waals surface area contributed by atoms with Crippen molar-refractivity contribution in [1.29, 1.82) is 0 Å². The van der Waals surface area contributed by atoms with Gasteiger partial charge in [0.05, 0.1) is 12.2 Å². The van der Waals surface area contributed by atoms with E-state index in [2.05, 4.69) is 25.7 Å². The van der Waals surface area contributed by atoms with E-state index in [1.165, 1.54) is 0 Å². The van der Waals surface area contributed by atoms with Gasteiger partial charge >= 0.3 is 6.18 Å². The van der Waals surface area contributed by atoms with Crippen LogP contribution in [0.2, 0.25) is 0 Å². The van der Waals surface area contributed by atoms with Gasteiger partial charge in [0.2, 0.25) is 0 Å². The normalized spacial score (nSPS) is 11.8. The smallest absolute Gasteiger partial charge is 0.356 e. The molecule has 0 aliphatic heterocycles. The van der Waals surface area contributed by atoms with Crippen molar-refractivity contribution in [3.63, 3.8) is 0 Å². The van der Waals surface area contributed by atoms with Crippen molar-refractivity contribution >= 4 is 41.3 Å². The summed E-state index contributed by atoms with van der Waals surface area (Å²) in [5.41, 5.74) is 1.27. The molecule has 3 rings (SSSR count). The maximum atomic E-state index is 12.6. The van der Waals surface area contributed by atoms with Crippen LogP contribution >= 0.6 is 35.3 Å². The van der Waals surface area contributed by atoms with Gasteiger partial charge in [-0.2, -0.15) is 18.3 Å². The molecule has 0 aliphatic rings. The summed E-state index contributed by atoms with van der Waals surface area (Å²) >= 11 is 0.966. The number of rotatable bonds is 6. The van der Waals surface area contributed by atoms with Crippen molar-refractivity contribution in [2.45, 2.75) is 19.1 Å². The van der Waals surface area contributed by atoms with Crippen LogP contribution in [0, 0.1) is 0 Å². The Morgan fingerprint density at radius 2 is 1.97 bits per heavy atom. The van der Waals surface area contributed by atoms with Crippen LogP contribution in [0.3, 0.4) is 0 Å². The van der Waals surface area contributed by atoms with Gasteiger partial charge < -0.3 is 10.6 Å². The Morgan fingerprint density at radius 3 is 2.55 bits per heavy atom. The molecule has 11 heteroatoms. The molecule has 0 amide bonds. The van der Waals surface area contributed by atoms with Gasteiger partial charge in [-0.3, -0.25) is 4.99 Å². The summed E-state index contributed by atoms with van der Waals surface area (Å²) in [5, 5.41) is 11.7. The first-order chi connectivity index (χ1) is 13.5. The molecular weight excluding hydrogens is 516 g/mol. The van der Waals surface area contributed by atoms with E-state index in [0.29, 0.717) is 17.5 Å². The van der Waals surface area contributed by atoms with Crippen molar-refractivity contribution in [3.8, 4) is 5.69 Å². The Hall–Kier alpha value is -2.15. The summed E-state index contributed by atoms with van der Waals surface area (Å²) < 4.78 is 39.5. The van der Waals surface area contributed by atoms with Gasteiger partial charge in [0, 0.05) is 31.4 Å². The number of aliphatic imine (C=N–C) groups is 1. The van der Waals surface area contributed by atoms with Crippen LogP contribution in [0.5, 0.6) is 0 Å². The van der Waals surface area contributed by atoms with E-state index in [9.17, 15) is 13.2 Å². The quantitative estimate of drug-likeness (QED) is 0.285. The fourth-order valence-electron chi connectivity index (χ4n) is 2.46. The second kappa shape index (κ2) is 10.6. The number of alkyl halides is 3. The number of aromatic nitrogens is 3. The Labute approximate surface area is 187 Å². The molecule has 0 fully saturated rings. The third-order valence-electron chi connectivity index (χ3n) is 3.88. The van der Waals surface area contributed by atoms with Crippen LogP contribution in [0.1, 0.15) is 16.3 Å². The summed E-state index contributed by atoms with van der Waals surface area (Å²) in [6.07, 6.45) is -0.0321. The number of benzene rings is 1. The minimum Gasteiger partial charge on any atom is -0.356 e. The average molecular weight is 536 g/mol. The van der Waals surface area contributed by atoms with Crippen molar-refractivity contribution in [2.24, 2.45) is 4.99 Å². The minimum atomic E-state index is -4.42. The summed E-state index contributed by atoms with van der Waals surface area (Å²) in [4.78, 5) is 7.66. The number of hydrogen-bond donors (Lipinski definition) is 2. The van der Waals surface area contributed by atoms with Crippen molar-refractivity contribution in [3.05, 3.63) is 64.4 Å². The van der Waals surface area contributed by atoms with Crippen LogP contribution < -0.4 is 10.6 Å². The molecule has 0 bridgehead atoms. The number of nitrogens with one attached hydrogen (secondary N) is 2. The van der Waals surface area contributed by atoms with E-state index in [0.717, 1.165) is 34.4 Å². The molecule has 1 aromatic carbocycles. The van der Waals surface area contributed by atoms with E-state index >= 15 is 0 Å². The second-order valence-corrected chi connectivity index (χ2v) is 6.79. The van der Waals surface area contributed by atoms with Gasteiger partial charge in [-0.05, 0) is 30.2 Å². The van der Waals surface area contributed by atoms with Gasteiger partial charge in [0.15, 0.2) is 11.7 Å². The summed E-state index contributed by atoms with van der Waals surface area (Å²) in [7, 11) is 1.61. The lowest BCUT2D eigenvalue weighted by Gasteiger charge is -2.11. The maximum absolute atomic E-state index is 12.6. The van der Waals surface area contributed by atoms with Crippen LogP contribution in [0.4, 0.5) is 13.2 Å². The topological polar surface area (TPSA) is 67.1 Å². The molecule has 0 spiro atoms. The standard InChI is InChI=1S/C18H19F3N6S.HI/c1-22-17(24-11-16-26-15(12-28-16)18(19,20)21)23-9-7-13-3-5-14(6-4-13)27-10-2-8-25-27;/h2-6,8,10,12H,7,9,11H2,1H3,(H2,22,23,24);1H. The number of hydrogen-bond acceptors (Lipinski definition) is 4. The Balaban J connectivity index is 0.00000300. The van der Waals surface area contributed by atoms with E-state index in [4.69, 9.17) is 0 Å². The van der Waals surface area contributed by atoms with Crippen LogP contribution in [0.15, 0.2) is 53.1 Å². The van der Waals surface area contributed by atoms with E-state index in [1.54, 1.807) is 17.9 Å². The zero-order valence-electron chi connectivity index (χ0n) is 15.5. The molecule has 0 saturated heterocycles. The van der Waals surface area contributed by atoms with Crippen molar-refractivity contribution < 1.29 is 13.2 Å². The lowest BCUT2D eigenvalue weighted by Crippen LogP contribution is -2.37. The Kier molecular flexibility index (Phi) is 8.44. The van der Waals surface area contributed by atoms with Gasteiger partial charge in [0.1, 0.15) is 5.01 Å². The Morgan fingerprint density at radius 1 is 1.21 bits per heavy atom. The van der Waals surface area contributed by atoms with Gasteiger partial charge in [-0.15, -0.1) is 35.3 Å². The highest BCUT2D eigenvalue weighted by Gasteiger charge is 2.33. The molecule has 0 radical (unpaired) electrons. The number of guanidine groups is 1. The third kappa shape index (κ3) is 6.70. The highest BCUT2D eigenvalue weighted by Crippen LogP contribution is 2.29. The highest BCUT2D eigenvalue weighted by atomic mass is 127. The fraction of sp³-hybridized carbons (Fsp3) is 0.278. The SMILES string of the molecule is CN=C(NCCc1ccc(-n2cccn2)cc1)NCc1nc(C(F)(F)F)cs1.I. The molecule has 156 valence electrons. The second-order valence-electron chi connectivity index (χ2n) is 5.84. The fourth-order valence-corrected chi connectivity index (χ4v) is 3.20. The first-order valence-electron chi connectivity index (χ1n) is 8.51. The minimum absolute atomic E-state index is 0. The van der Waals surface area contributed by atoms with E-state index < -0.39 is 11.9 Å². The molecule has 29 heavy (non-hydrogen) atoms. The third-order valence-corrected chi connectivity index (χ3v) is 4.73. The van der Waals surface area contributed by atoms with Crippen molar-refractivity contribution in [1.82, 2.24) is 25.4 Å². The average Bonchev–Trinajstić information content (AvgIpc) is 3.36. The summed E-state index contributed by atoms with van der Waals surface area (Å²) in [6, 6.07) is 9.92. The summed E-state index contributed by atoms with van der Waals surface area (Å²) in [5.74, 6) is 0.511. The predicted molar refractivity (Wildman–Crippen MR) is 118 cm³/mol. The highest BCUT2D eigenvalue weighted by molar-refractivity contribution is 14.0. The van der Waals surface area contributed by atoms with E-state index in [-0.39, 0.29) is 30.5 Å². The number of halogens is 4. The molecule has 6 nitrogen and oxygen atoms in total. The Bertz CT molecular complexity index is 907. The lowest BCUT2D eigenvalue weighted by molar-refractivity contribution is -0.140. The zero-order chi connectivity index (χ0) is 20.0. The molecule has 2 heterocycles. The molecule has 3 aromatic rings. The molecule has 2 N–H and O–H groups in total. The molecule has 2 aromatic heterocycles. The number of thiazole rings is 1. The molecule has 0 saturated carbocycles. The predicted octanol–water partition coefficient (Wildman–Crippen LogP) is 3.87. The monoisotopic (exact) mass is 536 g/mol. The van der Waals surface area contributed by atoms with Gasteiger partial charge in [-0.25, -0.2) is 9.67 Å². The first-order valence-corrected chi connectivity index (χ1v) is 9.39. The molecule has 0 unspecified atom stereocenters. The van der Waals surface area contributed by atoms with Crippen molar-refractivity contribution in [2.75, 3.05) is 13.6 Å². The summed E-state index contributed by atoms with van der Waals surface area (Å²) in [6.45, 7) is 0.811. The zero-order valence-corrected chi connectivity index (χ0v) is 18.6.